The lowest BCUT2D eigenvalue weighted by Gasteiger charge is -2.30. The van der Waals surface area contributed by atoms with Crippen molar-refractivity contribution < 1.29 is 44.0 Å². The van der Waals surface area contributed by atoms with Gasteiger partial charge in [0.25, 0.3) is 0 Å². The highest BCUT2D eigenvalue weighted by molar-refractivity contribution is 6.26. The number of allylic oxidation sites excluding steroid dienone is 3. The molecule has 2 aromatic rings. The van der Waals surface area contributed by atoms with Crippen LogP contribution in [-0.4, -0.2) is 38.6 Å². The van der Waals surface area contributed by atoms with Crippen LogP contribution in [0.3, 0.4) is 0 Å². The Labute approximate surface area is 198 Å². The van der Waals surface area contributed by atoms with Crippen molar-refractivity contribution in [3.05, 3.63) is 75.3 Å². The number of ether oxygens (including phenoxy) is 2. The number of aliphatic hydroxyl groups excluding tert-OH is 1. The van der Waals surface area contributed by atoms with E-state index in [-0.39, 0.29) is 57.5 Å². The first-order valence-corrected chi connectivity index (χ1v) is 10.8. The monoisotopic (exact) mass is 476 g/mol. The summed E-state index contributed by atoms with van der Waals surface area (Å²) in [5.74, 6) is -3.66. The van der Waals surface area contributed by atoms with E-state index in [1.165, 1.54) is 26.0 Å². The number of carboxylic acids is 1. The zero-order valence-electron chi connectivity index (χ0n) is 19.0. The van der Waals surface area contributed by atoms with Crippen LogP contribution in [0.25, 0.3) is 0 Å². The SMILES string of the molecule is CC(=O)C1=C(O)C=C2Oc3c4c(c(C)c(O)c3[C@]2(C)C1=O)OC(c1ccc(C(=O)O)cc1)CC4=O. The molecule has 0 bridgehead atoms. The lowest BCUT2D eigenvalue weighted by molar-refractivity contribution is -0.123. The van der Waals surface area contributed by atoms with E-state index in [4.69, 9.17) is 14.6 Å². The van der Waals surface area contributed by atoms with Gasteiger partial charge in [-0.3, -0.25) is 14.4 Å². The molecule has 5 rings (SSSR count). The summed E-state index contributed by atoms with van der Waals surface area (Å²) >= 11 is 0. The first-order chi connectivity index (χ1) is 16.5. The number of Topliss-reactive ketones (excluding diaryl/α,β-unsaturated/α-hetero) is 3. The molecule has 0 fully saturated rings. The molecule has 178 valence electrons. The molecule has 0 saturated carbocycles. The Morgan fingerprint density at radius 3 is 2.34 bits per heavy atom. The van der Waals surface area contributed by atoms with Gasteiger partial charge in [0.15, 0.2) is 17.3 Å². The maximum absolute atomic E-state index is 13.3. The molecule has 0 spiro atoms. The number of hydrogen-bond donors (Lipinski definition) is 3. The normalized spacial score (nSPS) is 22.5. The van der Waals surface area contributed by atoms with Gasteiger partial charge in [-0.2, -0.15) is 0 Å². The second kappa shape index (κ2) is 7.30. The molecule has 1 unspecified atom stereocenters. The van der Waals surface area contributed by atoms with Crippen LogP contribution < -0.4 is 9.47 Å². The fourth-order valence-corrected chi connectivity index (χ4v) is 4.90. The van der Waals surface area contributed by atoms with E-state index in [0.717, 1.165) is 13.0 Å². The van der Waals surface area contributed by atoms with Gasteiger partial charge in [-0.1, -0.05) is 12.1 Å². The summed E-state index contributed by atoms with van der Waals surface area (Å²) in [4.78, 5) is 49.9. The first kappa shape index (κ1) is 22.4. The van der Waals surface area contributed by atoms with Gasteiger partial charge in [0.1, 0.15) is 51.4 Å². The van der Waals surface area contributed by atoms with Crippen LogP contribution in [0.4, 0.5) is 0 Å². The smallest absolute Gasteiger partial charge is 0.335 e. The predicted octanol–water partition coefficient (Wildman–Crippen LogP) is 3.62. The second-order valence-electron chi connectivity index (χ2n) is 8.92. The summed E-state index contributed by atoms with van der Waals surface area (Å²) < 4.78 is 12.0. The molecule has 9 nitrogen and oxygen atoms in total. The average molecular weight is 476 g/mol. The fourth-order valence-electron chi connectivity index (χ4n) is 4.90. The van der Waals surface area contributed by atoms with Crippen molar-refractivity contribution in [3.63, 3.8) is 0 Å². The van der Waals surface area contributed by atoms with Crippen LogP contribution in [0.5, 0.6) is 17.2 Å². The van der Waals surface area contributed by atoms with Crippen LogP contribution in [-0.2, 0) is 15.0 Å². The van der Waals surface area contributed by atoms with Crippen LogP contribution in [0.15, 0.2) is 47.4 Å². The minimum Gasteiger partial charge on any atom is -0.507 e. The molecular weight excluding hydrogens is 456 g/mol. The van der Waals surface area contributed by atoms with Gasteiger partial charge in [-0.25, -0.2) is 4.79 Å². The molecular formula is C26H20O9. The van der Waals surface area contributed by atoms with Crippen molar-refractivity contribution in [2.24, 2.45) is 0 Å². The summed E-state index contributed by atoms with van der Waals surface area (Å²) in [6.45, 7) is 4.16. The van der Waals surface area contributed by atoms with Crippen LogP contribution in [0, 0.1) is 6.92 Å². The Hall–Kier alpha value is -4.40. The molecule has 2 aromatic carbocycles. The largest absolute Gasteiger partial charge is 0.507 e. The highest BCUT2D eigenvalue weighted by atomic mass is 16.5. The number of aromatic carboxylic acids is 1. The zero-order chi connectivity index (χ0) is 25.4. The minimum absolute atomic E-state index is 0.0118. The average Bonchev–Trinajstić information content (AvgIpc) is 3.10. The van der Waals surface area contributed by atoms with Gasteiger partial charge in [-0.05, 0) is 38.5 Å². The number of phenolic OH excluding ortho intramolecular Hbond substituents is 1. The minimum atomic E-state index is -1.61. The Balaban J connectivity index is 1.64. The quantitative estimate of drug-likeness (QED) is 0.565. The van der Waals surface area contributed by atoms with E-state index in [2.05, 4.69) is 0 Å². The number of fused-ring (bicyclic) bond motifs is 5. The predicted molar refractivity (Wildman–Crippen MR) is 120 cm³/mol. The number of carbonyl (C=O) groups is 4. The lowest BCUT2D eigenvalue weighted by Crippen LogP contribution is -2.38. The summed E-state index contributed by atoms with van der Waals surface area (Å²) in [6, 6.07) is 5.93. The maximum atomic E-state index is 13.3. The van der Waals surface area contributed by atoms with Crippen molar-refractivity contribution in [3.8, 4) is 17.2 Å². The molecule has 2 atom stereocenters. The first-order valence-electron chi connectivity index (χ1n) is 10.8. The standard InChI is InChI=1S/C26H20O9/c1-10-21(30)20-23(35-17-9-15(29)18(11(2)27)24(31)26(17,20)3)19-14(28)8-16(34-22(10)19)12-4-6-13(7-5-12)25(32)33/h4-7,9,16,29-30H,8H2,1-3H3,(H,32,33)/t16?,26-/m1/s1. The van der Waals surface area contributed by atoms with Gasteiger partial charge in [0, 0.05) is 11.6 Å². The number of aromatic hydroxyl groups is 1. The number of rotatable bonds is 3. The van der Waals surface area contributed by atoms with E-state index >= 15 is 0 Å². The highest BCUT2D eigenvalue weighted by Gasteiger charge is 2.56. The Morgan fingerprint density at radius 1 is 1.09 bits per heavy atom. The van der Waals surface area contributed by atoms with Crippen molar-refractivity contribution in [1.29, 1.82) is 0 Å². The Morgan fingerprint density at radius 2 is 1.74 bits per heavy atom. The molecule has 3 N–H and O–H groups in total. The van der Waals surface area contributed by atoms with Crippen molar-refractivity contribution >= 4 is 23.3 Å². The number of carbonyl (C=O) groups excluding carboxylic acids is 3. The van der Waals surface area contributed by atoms with E-state index < -0.39 is 40.4 Å². The molecule has 35 heavy (non-hydrogen) atoms. The van der Waals surface area contributed by atoms with Gasteiger partial charge in [-0.15, -0.1) is 0 Å². The van der Waals surface area contributed by atoms with Gasteiger partial charge in [0.05, 0.1) is 17.5 Å². The van der Waals surface area contributed by atoms with Gasteiger partial charge >= 0.3 is 5.97 Å². The number of hydrogen-bond acceptors (Lipinski definition) is 8. The van der Waals surface area contributed by atoms with Crippen LogP contribution in [0.1, 0.15) is 63.8 Å². The highest BCUT2D eigenvalue weighted by Crippen LogP contribution is 2.59. The van der Waals surface area contributed by atoms with E-state index in [1.807, 2.05) is 0 Å². The number of phenols is 1. The van der Waals surface area contributed by atoms with Crippen molar-refractivity contribution in [2.45, 2.75) is 38.7 Å². The summed E-state index contributed by atoms with van der Waals surface area (Å²) in [5.41, 5.74) is -1.05. The molecule has 0 amide bonds. The third-order valence-electron chi connectivity index (χ3n) is 6.81. The summed E-state index contributed by atoms with van der Waals surface area (Å²) in [5, 5.41) is 30.5. The van der Waals surface area contributed by atoms with Crippen molar-refractivity contribution in [1.82, 2.24) is 0 Å². The lowest BCUT2D eigenvalue weighted by atomic mass is 9.70. The zero-order valence-corrected chi connectivity index (χ0v) is 19.0. The Bertz CT molecular complexity index is 1440. The van der Waals surface area contributed by atoms with E-state index in [9.17, 15) is 29.4 Å². The third-order valence-corrected chi connectivity index (χ3v) is 6.81. The van der Waals surface area contributed by atoms with Gasteiger partial charge < -0.3 is 24.8 Å². The summed E-state index contributed by atoms with van der Waals surface area (Å²) in [6.07, 6.45) is 0.329. The van der Waals surface area contributed by atoms with Crippen molar-refractivity contribution in [2.75, 3.05) is 0 Å². The number of benzene rings is 2. The molecule has 2 heterocycles. The summed E-state index contributed by atoms with van der Waals surface area (Å²) in [7, 11) is 0. The van der Waals surface area contributed by atoms with Crippen LogP contribution in [0.2, 0.25) is 0 Å². The van der Waals surface area contributed by atoms with E-state index in [1.54, 1.807) is 12.1 Å². The van der Waals surface area contributed by atoms with Gasteiger partial charge in [0.2, 0.25) is 0 Å². The topological polar surface area (TPSA) is 147 Å². The van der Waals surface area contributed by atoms with E-state index in [0.29, 0.717) is 5.56 Å². The molecule has 0 radical (unpaired) electrons. The molecule has 1 aliphatic carbocycles. The number of carboxylic acid groups (broad SMARTS) is 1. The molecule has 9 heteroatoms. The maximum Gasteiger partial charge on any atom is 0.335 e. The molecule has 3 aliphatic rings. The third kappa shape index (κ3) is 2.94. The Kier molecular flexibility index (Phi) is 4.67. The molecule has 0 saturated heterocycles. The molecule has 2 aliphatic heterocycles. The molecule has 0 aromatic heterocycles. The number of aliphatic hydroxyl groups is 1. The number of ketones is 3. The fraction of sp³-hybridized carbons (Fsp3) is 0.231. The second-order valence-corrected chi connectivity index (χ2v) is 8.92. The van der Waals surface area contributed by atoms with Crippen LogP contribution >= 0.6 is 0 Å².